The third-order valence-corrected chi connectivity index (χ3v) is 4.35. The minimum atomic E-state index is -4.54. The molecule has 162 valence electrons. The lowest BCUT2D eigenvalue weighted by molar-refractivity contribution is -0.137. The number of amides is 2. The fourth-order valence-corrected chi connectivity index (χ4v) is 2.90. The van der Waals surface area contributed by atoms with Crippen LogP contribution in [0.4, 0.5) is 23.7 Å². The number of carbonyl (C=O) groups excluding carboxylic acids is 1. The molecule has 3 aromatic rings. The van der Waals surface area contributed by atoms with E-state index in [1.165, 1.54) is 11.0 Å². The third kappa shape index (κ3) is 6.18. The second-order valence-electron chi connectivity index (χ2n) is 6.64. The molecule has 2 heterocycles. The maximum absolute atomic E-state index is 13.2. The van der Waals surface area contributed by atoms with E-state index in [2.05, 4.69) is 15.3 Å². The van der Waals surface area contributed by atoms with Crippen molar-refractivity contribution in [2.75, 3.05) is 11.9 Å². The number of hydrogen-bond donors (Lipinski definition) is 1. The molecule has 0 bridgehead atoms. The van der Waals surface area contributed by atoms with E-state index >= 15 is 0 Å². The maximum Gasteiger partial charge on any atom is 0.416 e. The van der Waals surface area contributed by atoms with Crippen LogP contribution < -0.4 is 10.1 Å². The molecule has 1 N–H and O–H groups in total. The Balaban J connectivity index is 1.88. The Morgan fingerprint density at radius 1 is 1.03 bits per heavy atom. The number of urea groups is 1. The molecule has 0 unspecified atom stereocenters. The first-order chi connectivity index (χ1) is 14.9. The largest absolute Gasteiger partial charge is 0.492 e. The van der Waals surface area contributed by atoms with Crippen molar-refractivity contribution in [3.8, 4) is 5.75 Å². The van der Waals surface area contributed by atoms with E-state index in [0.29, 0.717) is 0 Å². The second kappa shape index (κ2) is 9.92. The number of anilines is 1. The molecule has 0 fully saturated rings. The van der Waals surface area contributed by atoms with Gasteiger partial charge in [0.2, 0.25) is 0 Å². The summed E-state index contributed by atoms with van der Waals surface area (Å²) in [6, 6.07) is 9.52. The molecule has 31 heavy (non-hydrogen) atoms. The molecule has 6 nitrogen and oxygen atoms in total. The van der Waals surface area contributed by atoms with Crippen LogP contribution in [0.5, 0.6) is 5.75 Å². The van der Waals surface area contributed by atoms with Gasteiger partial charge in [0.05, 0.1) is 17.9 Å². The van der Waals surface area contributed by atoms with Crippen molar-refractivity contribution in [1.82, 2.24) is 14.9 Å². The maximum atomic E-state index is 13.2. The Labute approximate surface area is 177 Å². The summed E-state index contributed by atoms with van der Waals surface area (Å²) < 4.78 is 44.9. The molecule has 9 heteroatoms. The summed E-state index contributed by atoms with van der Waals surface area (Å²) in [4.78, 5) is 22.6. The predicted octanol–water partition coefficient (Wildman–Crippen LogP) is 5.13. The van der Waals surface area contributed by atoms with Crippen LogP contribution in [0.2, 0.25) is 0 Å². The van der Waals surface area contributed by atoms with E-state index in [-0.39, 0.29) is 31.1 Å². The van der Waals surface area contributed by atoms with E-state index in [4.69, 9.17) is 4.74 Å². The van der Waals surface area contributed by atoms with Crippen LogP contribution in [0.25, 0.3) is 0 Å². The summed E-state index contributed by atoms with van der Waals surface area (Å²) in [7, 11) is 0. The van der Waals surface area contributed by atoms with Crippen molar-refractivity contribution in [2.45, 2.75) is 26.2 Å². The van der Waals surface area contributed by atoms with Crippen LogP contribution in [-0.2, 0) is 19.3 Å². The van der Waals surface area contributed by atoms with Gasteiger partial charge in [-0.05, 0) is 54.4 Å². The summed E-state index contributed by atoms with van der Waals surface area (Å²) in [5.74, 6) is 0.161. The van der Waals surface area contributed by atoms with E-state index in [9.17, 15) is 18.0 Å². The minimum absolute atomic E-state index is 0.0485. The van der Waals surface area contributed by atoms with Gasteiger partial charge in [-0.1, -0.05) is 6.07 Å². The molecule has 1 aromatic carbocycles. The highest BCUT2D eigenvalue weighted by Crippen LogP contribution is 2.35. The topological polar surface area (TPSA) is 67.3 Å². The molecular formula is C22H21F3N4O2. The highest BCUT2D eigenvalue weighted by molar-refractivity contribution is 5.91. The standard InChI is InChI=1S/C22H21F3N4O2/c1-2-31-20-6-5-18(22(23,24)25)12-19(20)28-21(30)29(14-16-7-10-26-11-8-16)15-17-4-3-9-27-13-17/h3-13H,2,14-15H2,1H3,(H,28,30). The van der Waals surface area contributed by atoms with Crippen molar-refractivity contribution in [3.63, 3.8) is 0 Å². The van der Waals surface area contributed by atoms with Crippen molar-refractivity contribution >= 4 is 11.7 Å². The number of pyridine rings is 2. The zero-order chi connectivity index (χ0) is 22.3. The summed E-state index contributed by atoms with van der Waals surface area (Å²) in [5.41, 5.74) is 0.677. The number of benzene rings is 1. The summed E-state index contributed by atoms with van der Waals surface area (Å²) >= 11 is 0. The Kier molecular flexibility index (Phi) is 7.07. The van der Waals surface area contributed by atoms with Crippen molar-refractivity contribution in [2.24, 2.45) is 0 Å². The number of carbonyl (C=O) groups is 1. The highest BCUT2D eigenvalue weighted by atomic mass is 19.4. The molecule has 0 aliphatic heterocycles. The summed E-state index contributed by atoms with van der Waals surface area (Å²) in [5, 5.41) is 2.57. The molecule has 0 radical (unpaired) electrons. The van der Waals surface area contributed by atoms with Gasteiger partial charge < -0.3 is 15.0 Å². The predicted molar refractivity (Wildman–Crippen MR) is 109 cm³/mol. The molecule has 0 saturated carbocycles. The smallest absolute Gasteiger partial charge is 0.416 e. The number of nitrogens with zero attached hydrogens (tertiary/aromatic N) is 3. The monoisotopic (exact) mass is 430 g/mol. The first-order valence-electron chi connectivity index (χ1n) is 9.54. The number of rotatable bonds is 7. The lowest BCUT2D eigenvalue weighted by Gasteiger charge is -2.24. The van der Waals surface area contributed by atoms with Gasteiger partial charge in [0.25, 0.3) is 0 Å². The summed E-state index contributed by atoms with van der Waals surface area (Å²) in [6.45, 7) is 2.39. The van der Waals surface area contributed by atoms with E-state index in [1.807, 2.05) is 6.07 Å². The number of aromatic nitrogens is 2. The lowest BCUT2D eigenvalue weighted by atomic mass is 10.1. The van der Waals surface area contributed by atoms with Gasteiger partial charge in [0, 0.05) is 37.9 Å². The normalized spacial score (nSPS) is 11.1. The molecule has 0 spiro atoms. The average molecular weight is 430 g/mol. The van der Waals surface area contributed by atoms with Crippen LogP contribution in [0.15, 0.2) is 67.3 Å². The number of halogens is 3. The Morgan fingerprint density at radius 3 is 2.42 bits per heavy atom. The van der Waals surface area contributed by atoms with Crippen LogP contribution in [-0.4, -0.2) is 27.5 Å². The van der Waals surface area contributed by atoms with Gasteiger partial charge in [0.1, 0.15) is 5.75 Å². The quantitative estimate of drug-likeness (QED) is 0.564. The minimum Gasteiger partial charge on any atom is -0.492 e. The van der Waals surface area contributed by atoms with Gasteiger partial charge in [0.15, 0.2) is 0 Å². The molecule has 2 aromatic heterocycles. The van der Waals surface area contributed by atoms with Crippen LogP contribution in [0.3, 0.4) is 0 Å². The number of nitrogens with one attached hydrogen (secondary N) is 1. The van der Waals surface area contributed by atoms with E-state index in [1.54, 1.807) is 49.9 Å². The van der Waals surface area contributed by atoms with Crippen LogP contribution >= 0.6 is 0 Å². The second-order valence-corrected chi connectivity index (χ2v) is 6.64. The van der Waals surface area contributed by atoms with Crippen molar-refractivity contribution in [3.05, 3.63) is 83.9 Å². The number of alkyl halides is 3. The highest BCUT2D eigenvalue weighted by Gasteiger charge is 2.31. The fraction of sp³-hybridized carbons (Fsp3) is 0.227. The SMILES string of the molecule is CCOc1ccc(C(F)(F)F)cc1NC(=O)N(Cc1ccncc1)Cc1cccnc1. The van der Waals surface area contributed by atoms with Gasteiger partial charge >= 0.3 is 12.2 Å². The van der Waals surface area contributed by atoms with Crippen LogP contribution in [0, 0.1) is 0 Å². The van der Waals surface area contributed by atoms with Gasteiger partial charge in [-0.2, -0.15) is 13.2 Å². The molecule has 0 saturated heterocycles. The Morgan fingerprint density at radius 2 is 1.77 bits per heavy atom. The fourth-order valence-electron chi connectivity index (χ4n) is 2.90. The number of hydrogen-bond acceptors (Lipinski definition) is 4. The van der Waals surface area contributed by atoms with Gasteiger partial charge in [-0.3, -0.25) is 9.97 Å². The van der Waals surface area contributed by atoms with E-state index < -0.39 is 17.8 Å². The van der Waals surface area contributed by atoms with Crippen molar-refractivity contribution < 1.29 is 22.7 Å². The lowest BCUT2D eigenvalue weighted by Crippen LogP contribution is -2.34. The first kappa shape index (κ1) is 22.1. The van der Waals surface area contributed by atoms with Gasteiger partial charge in [-0.15, -0.1) is 0 Å². The molecule has 3 rings (SSSR count). The molecule has 2 amide bonds. The molecule has 0 aliphatic carbocycles. The van der Waals surface area contributed by atoms with E-state index in [0.717, 1.165) is 23.3 Å². The van der Waals surface area contributed by atoms with Crippen molar-refractivity contribution in [1.29, 1.82) is 0 Å². The molecule has 0 atom stereocenters. The zero-order valence-electron chi connectivity index (χ0n) is 16.8. The average Bonchev–Trinajstić information content (AvgIpc) is 2.75. The third-order valence-electron chi connectivity index (χ3n) is 4.35. The Hall–Kier alpha value is -3.62. The van der Waals surface area contributed by atoms with Crippen LogP contribution in [0.1, 0.15) is 23.6 Å². The zero-order valence-corrected chi connectivity index (χ0v) is 16.8. The first-order valence-corrected chi connectivity index (χ1v) is 9.54. The molecular weight excluding hydrogens is 409 g/mol. The number of ether oxygens (including phenoxy) is 1. The van der Waals surface area contributed by atoms with Gasteiger partial charge in [-0.25, -0.2) is 4.79 Å². The molecule has 0 aliphatic rings. The Bertz CT molecular complexity index is 957. The summed E-state index contributed by atoms with van der Waals surface area (Å²) in [6.07, 6.45) is 1.91.